The minimum Gasteiger partial charge on any atom is -0.308 e. The first kappa shape index (κ1) is 25.5. The third-order valence-electron chi connectivity index (χ3n) is 4.58. The Morgan fingerprint density at radius 2 is 1.62 bits per heavy atom. The second kappa shape index (κ2) is 10.4. The second-order valence-corrected chi connectivity index (χ2v) is 9.19. The van der Waals surface area contributed by atoms with Crippen LogP contribution < -0.4 is 14.9 Å². The van der Waals surface area contributed by atoms with Crippen molar-refractivity contribution in [3.63, 3.8) is 0 Å². The number of halogens is 5. The molecule has 3 aromatic carbocycles. The summed E-state index contributed by atoms with van der Waals surface area (Å²) in [7, 11) is -3.92. The molecular formula is C22H18ClF4N3O3S. The lowest BCUT2D eigenvalue weighted by Gasteiger charge is -2.24. The Morgan fingerprint density at radius 1 is 0.971 bits per heavy atom. The summed E-state index contributed by atoms with van der Waals surface area (Å²) in [6.07, 6.45) is -4.60. The monoisotopic (exact) mass is 515 g/mol. The molecule has 0 heterocycles. The number of sulfonamides is 1. The molecule has 0 unspecified atom stereocenters. The van der Waals surface area contributed by atoms with E-state index in [2.05, 4.69) is 10.0 Å². The molecule has 12 heteroatoms. The predicted molar refractivity (Wildman–Crippen MR) is 121 cm³/mol. The van der Waals surface area contributed by atoms with Gasteiger partial charge in [0.25, 0.3) is 0 Å². The zero-order valence-corrected chi connectivity index (χ0v) is 18.9. The van der Waals surface area contributed by atoms with Crippen LogP contribution in [-0.4, -0.2) is 27.5 Å². The molecule has 0 aliphatic heterocycles. The number of rotatable bonds is 7. The van der Waals surface area contributed by atoms with Crippen LogP contribution in [0.5, 0.6) is 0 Å². The average Bonchev–Trinajstić information content (AvgIpc) is 2.77. The fourth-order valence-electron chi connectivity index (χ4n) is 2.92. The molecule has 0 spiro atoms. The van der Waals surface area contributed by atoms with Gasteiger partial charge in [0.05, 0.1) is 10.5 Å². The van der Waals surface area contributed by atoms with Crippen LogP contribution in [0, 0.1) is 5.82 Å². The van der Waals surface area contributed by atoms with E-state index in [0.717, 1.165) is 35.2 Å². The number of hydrogen-bond donors (Lipinski definition) is 2. The second-order valence-electron chi connectivity index (χ2n) is 6.99. The van der Waals surface area contributed by atoms with Crippen molar-refractivity contribution in [2.45, 2.75) is 11.1 Å². The van der Waals surface area contributed by atoms with E-state index in [1.54, 1.807) is 0 Å². The molecule has 180 valence electrons. The van der Waals surface area contributed by atoms with Gasteiger partial charge >= 0.3 is 12.2 Å². The van der Waals surface area contributed by atoms with E-state index in [1.807, 2.05) is 0 Å². The fraction of sp³-hybridized carbons (Fsp3) is 0.136. The molecule has 2 amide bonds. The van der Waals surface area contributed by atoms with Crippen molar-refractivity contribution in [2.24, 2.45) is 0 Å². The van der Waals surface area contributed by atoms with Crippen molar-refractivity contribution in [1.29, 1.82) is 0 Å². The number of anilines is 2. The molecule has 0 aromatic heterocycles. The molecule has 0 aliphatic carbocycles. The van der Waals surface area contributed by atoms with Gasteiger partial charge in [-0.15, -0.1) is 0 Å². The molecule has 0 aliphatic rings. The Balaban J connectivity index is 1.77. The number of urea groups is 1. The summed E-state index contributed by atoms with van der Waals surface area (Å²) in [6, 6.07) is 13.4. The SMILES string of the molecule is O=C(Nc1cccc(C(F)(F)F)c1)N(CCNS(=O)(=O)c1ccc(Cl)cc1)c1ccc(F)cc1. The van der Waals surface area contributed by atoms with Gasteiger partial charge in [-0.2, -0.15) is 13.2 Å². The molecule has 2 N–H and O–H groups in total. The Bertz CT molecular complexity index is 1250. The first-order valence-electron chi connectivity index (χ1n) is 9.72. The van der Waals surface area contributed by atoms with Gasteiger partial charge in [-0.25, -0.2) is 22.3 Å². The summed E-state index contributed by atoms with van der Waals surface area (Å²) in [5, 5.41) is 2.71. The molecule has 0 saturated heterocycles. The van der Waals surface area contributed by atoms with Gasteiger partial charge in [-0.05, 0) is 66.7 Å². The Morgan fingerprint density at radius 3 is 2.24 bits per heavy atom. The predicted octanol–water partition coefficient (Wildman–Crippen LogP) is 5.51. The maximum Gasteiger partial charge on any atom is 0.416 e. The van der Waals surface area contributed by atoms with Crippen LogP contribution in [0.3, 0.4) is 0 Å². The zero-order chi connectivity index (χ0) is 24.9. The minimum absolute atomic E-state index is 0.0429. The first-order valence-corrected chi connectivity index (χ1v) is 11.6. The summed E-state index contributed by atoms with van der Waals surface area (Å²) in [6.45, 7) is -0.443. The fourth-order valence-corrected chi connectivity index (χ4v) is 4.07. The van der Waals surface area contributed by atoms with E-state index in [1.165, 1.54) is 42.5 Å². The van der Waals surface area contributed by atoms with E-state index in [9.17, 15) is 30.8 Å². The Kier molecular flexibility index (Phi) is 7.80. The topological polar surface area (TPSA) is 78.5 Å². The highest BCUT2D eigenvalue weighted by atomic mass is 35.5. The minimum atomic E-state index is -4.60. The van der Waals surface area contributed by atoms with Crippen LogP contribution in [0.4, 0.5) is 33.7 Å². The number of carbonyl (C=O) groups is 1. The van der Waals surface area contributed by atoms with Crippen molar-refractivity contribution in [2.75, 3.05) is 23.3 Å². The van der Waals surface area contributed by atoms with Crippen LogP contribution >= 0.6 is 11.6 Å². The van der Waals surface area contributed by atoms with Gasteiger partial charge in [0, 0.05) is 29.5 Å². The third-order valence-corrected chi connectivity index (χ3v) is 6.30. The zero-order valence-electron chi connectivity index (χ0n) is 17.3. The van der Waals surface area contributed by atoms with E-state index in [4.69, 9.17) is 11.6 Å². The van der Waals surface area contributed by atoms with Crippen molar-refractivity contribution in [3.8, 4) is 0 Å². The lowest BCUT2D eigenvalue weighted by Crippen LogP contribution is -2.41. The summed E-state index contributed by atoms with van der Waals surface area (Å²) in [5.74, 6) is -0.564. The Hall–Kier alpha value is -3.15. The molecular weight excluding hydrogens is 498 g/mol. The van der Waals surface area contributed by atoms with Gasteiger partial charge in [0.1, 0.15) is 5.82 Å². The van der Waals surface area contributed by atoms with Crippen LogP contribution in [-0.2, 0) is 16.2 Å². The average molecular weight is 516 g/mol. The number of alkyl halides is 3. The normalized spacial score (nSPS) is 11.8. The number of benzene rings is 3. The van der Waals surface area contributed by atoms with E-state index < -0.39 is 33.6 Å². The molecule has 0 saturated carbocycles. The highest BCUT2D eigenvalue weighted by Gasteiger charge is 2.30. The molecule has 3 rings (SSSR count). The van der Waals surface area contributed by atoms with Crippen molar-refractivity contribution < 1.29 is 30.8 Å². The highest BCUT2D eigenvalue weighted by molar-refractivity contribution is 7.89. The van der Waals surface area contributed by atoms with Crippen molar-refractivity contribution in [3.05, 3.63) is 89.2 Å². The van der Waals surface area contributed by atoms with Crippen LogP contribution in [0.1, 0.15) is 5.56 Å². The number of hydrogen-bond acceptors (Lipinski definition) is 3. The maximum atomic E-state index is 13.4. The summed E-state index contributed by atoms with van der Waals surface area (Å²) in [5.41, 5.74) is -0.861. The van der Waals surface area contributed by atoms with Crippen molar-refractivity contribution in [1.82, 2.24) is 4.72 Å². The van der Waals surface area contributed by atoms with E-state index >= 15 is 0 Å². The van der Waals surface area contributed by atoms with Gasteiger partial charge in [-0.1, -0.05) is 17.7 Å². The molecule has 0 radical (unpaired) electrons. The van der Waals surface area contributed by atoms with Crippen LogP contribution in [0.2, 0.25) is 5.02 Å². The molecule has 6 nitrogen and oxygen atoms in total. The first-order chi connectivity index (χ1) is 16.0. The number of carbonyl (C=O) groups excluding carboxylic acids is 1. The third kappa shape index (κ3) is 6.69. The van der Waals surface area contributed by atoms with Crippen molar-refractivity contribution >= 4 is 39.0 Å². The van der Waals surface area contributed by atoms with E-state index in [0.29, 0.717) is 5.02 Å². The largest absolute Gasteiger partial charge is 0.416 e. The smallest absolute Gasteiger partial charge is 0.308 e. The standard InChI is InChI=1S/C22H18ClF4N3O3S/c23-16-4-10-20(11-5-16)34(32,33)28-12-13-30(19-8-6-17(24)7-9-19)21(31)29-18-3-1-2-15(14-18)22(25,26)27/h1-11,14,28H,12-13H2,(H,29,31). The van der Waals surface area contributed by atoms with Gasteiger partial charge < -0.3 is 5.32 Å². The number of nitrogens with one attached hydrogen (secondary N) is 2. The van der Waals surface area contributed by atoms with E-state index in [-0.39, 0.29) is 29.4 Å². The maximum absolute atomic E-state index is 13.4. The molecule has 3 aromatic rings. The highest BCUT2D eigenvalue weighted by Crippen LogP contribution is 2.30. The van der Waals surface area contributed by atoms with Crippen LogP contribution in [0.25, 0.3) is 0 Å². The summed E-state index contributed by atoms with van der Waals surface area (Å²) < 4.78 is 79.6. The lowest BCUT2D eigenvalue weighted by molar-refractivity contribution is -0.137. The van der Waals surface area contributed by atoms with Crippen LogP contribution in [0.15, 0.2) is 77.7 Å². The molecule has 0 fully saturated rings. The molecule has 0 bridgehead atoms. The van der Waals surface area contributed by atoms with Gasteiger partial charge in [0.2, 0.25) is 10.0 Å². The number of amides is 2. The number of nitrogens with zero attached hydrogens (tertiary/aromatic N) is 1. The van der Waals surface area contributed by atoms with Gasteiger partial charge in [-0.3, -0.25) is 4.90 Å². The Labute approximate surface area is 198 Å². The summed E-state index contributed by atoms with van der Waals surface area (Å²) >= 11 is 5.77. The summed E-state index contributed by atoms with van der Waals surface area (Å²) in [4.78, 5) is 13.9. The quantitative estimate of drug-likeness (QED) is 0.407. The molecule has 34 heavy (non-hydrogen) atoms. The molecule has 0 atom stereocenters. The van der Waals surface area contributed by atoms with Gasteiger partial charge in [0.15, 0.2) is 0 Å². The lowest BCUT2D eigenvalue weighted by atomic mass is 10.2.